The second kappa shape index (κ2) is 7.14. The van der Waals surface area contributed by atoms with E-state index in [0.29, 0.717) is 18.3 Å². The summed E-state index contributed by atoms with van der Waals surface area (Å²) >= 11 is 0. The van der Waals surface area contributed by atoms with Gasteiger partial charge in [-0.25, -0.2) is 0 Å². The highest BCUT2D eigenvalue weighted by molar-refractivity contribution is 5.77. The number of aromatic nitrogens is 2. The van der Waals surface area contributed by atoms with Gasteiger partial charge in [0.2, 0.25) is 11.7 Å². The molecule has 5 heteroatoms. The number of furan rings is 1. The quantitative estimate of drug-likeness (QED) is 0.538. The van der Waals surface area contributed by atoms with Gasteiger partial charge in [-0.15, -0.1) is 0 Å². The number of hydrogen-bond donors (Lipinski definition) is 1. The lowest BCUT2D eigenvalue weighted by Gasteiger charge is -2.08. The van der Waals surface area contributed by atoms with Crippen molar-refractivity contribution in [3.05, 3.63) is 71.8 Å². The fraction of sp³-hybridized carbons (Fsp3) is 0.238. The third kappa shape index (κ3) is 3.39. The zero-order valence-corrected chi connectivity index (χ0v) is 14.9. The summed E-state index contributed by atoms with van der Waals surface area (Å²) in [5.41, 5.74) is 3.15. The molecule has 0 saturated heterocycles. The predicted octanol–water partition coefficient (Wildman–Crippen LogP) is 4.90. The van der Waals surface area contributed by atoms with Crippen LogP contribution in [0.5, 0.6) is 0 Å². The van der Waals surface area contributed by atoms with Gasteiger partial charge in [-0.1, -0.05) is 54.5 Å². The van der Waals surface area contributed by atoms with Gasteiger partial charge in [-0.2, -0.15) is 4.98 Å². The number of benzene rings is 2. The number of hydrogen-bond acceptors (Lipinski definition) is 5. The molecule has 0 fully saturated rings. The third-order valence-electron chi connectivity index (χ3n) is 4.52. The van der Waals surface area contributed by atoms with Gasteiger partial charge in [0.1, 0.15) is 11.3 Å². The van der Waals surface area contributed by atoms with Crippen molar-refractivity contribution in [2.75, 3.05) is 0 Å². The van der Waals surface area contributed by atoms with E-state index in [9.17, 15) is 0 Å². The minimum Gasteiger partial charge on any atom is -0.459 e. The molecule has 0 radical (unpaired) electrons. The highest BCUT2D eigenvalue weighted by atomic mass is 16.5. The summed E-state index contributed by atoms with van der Waals surface area (Å²) < 4.78 is 11.3. The first-order valence-electron chi connectivity index (χ1n) is 8.86. The standard InChI is InChI=1S/C21H21N3O2/c1-3-15-8-10-16(11-9-15)21-23-20(26-24-21)13-22-14(2)19-12-17-6-4-5-7-18(17)25-19/h4-12,14,22H,3,13H2,1-2H3. The van der Waals surface area contributed by atoms with E-state index in [1.54, 1.807) is 0 Å². The summed E-state index contributed by atoms with van der Waals surface area (Å²) in [5.74, 6) is 2.06. The van der Waals surface area contributed by atoms with Crippen LogP contribution >= 0.6 is 0 Å². The van der Waals surface area contributed by atoms with Crippen molar-refractivity contribution in [2.24, 2.45) is 0 Å². The van der Waals surface area contributed by atoms with Gasteiger partial charge in [-0.05, 0) is 31.0 Å². The topological polar surface area (TPSA) is 64.1 Å². The molecule has 0 aliphatic carbocycles. The van der Waals surface area contributed by atoms with E-state index < -0.39 is 0 Å². The van der Waals surface area contributed by atoms with Crippen LogP contribution in [-0.4, -0.2) is 10.1 Å². The summed E-state index contributed by atoms with van der Waals surface area (Å²) in [6.45, 7) is 4.67. The maximum Gasteiger partial charge on any atom is 0.240 e. The van der Waals surface area contributed by atoms with Crippen molar-refractivity contribution in [1.29, 1.82) is 0 Å². The molecule has 4 rings (SSSR count). The number of nitrogens with one attached hydrogen (secondary N) is 1. The second-order valence-electron chi connectivity index (χ2n) is 6.35. The Bertz CT molecular complexity index is 968. The molecule has 0 bridgehead atoms. The third-order valence-corrected chi connectivity index (χ3v) is 4.52. The normalized spacial score (nSPS) is 12.5. The van der Waals surface area contributed by atoms with E-state index in [0.717, 1.165) is 28.7 Å². The minimum absolute atomic E-state index is 0.0431. The van der Waals surface area contributed by atoms with Gasteiger partial charge in [0, 0.05) is 10.9 Å². The van der Waals surface area contributed by atoms with Gasteiger partial charge < -0.3 is 8.94 Å². The van der Waals surface area contributed by atoms with E-state index >= 15 is 0 Å². The lowest BCUT2D eigenvalue weighted by Crippen LogP contribution is -2.17. The van der Waals surface area contributed by atoms with Crippen LogP contribution in [-0.2, 0) is 13.0 Å². The molecular formula is C21H21N3O2. The smallest absolute Gasteiger partial charge is 0.240 e. The Hall–Kier alpha value is -2.92. The fourth-order valence-electron chi connectivity index (χ4n) is 2.89. The molecule has 26 heavy (non-hydrogen) atoms. The van der Waals surface area contributed by atoms with Crippen molar-refractivity contribution < 1.29 is 8.94 Å². The monoisotopic (exact) mass is 347 g/mol. The summed E-state index contributed by atoms with van der Waals surface area (Å²) in [6.07, 6.45) is 1.02. The Morgan fingerprint density at radius 2 is 1.88 bits per heavy atom. The van der Waals surface area contributed by atoms with Crippen molar-refractivity contribution in [2.45, 2.75) is 32.9 Å². The lowest BCUT2D eigenvalue weighted by atomic mass is 10.1. The molecule has 4 aromatic rings. The molecule has 132 valence electrons. The zero-order chi connectivity index (χ0) is 17.9. The van der Waals surface area contributed by atoms with E-state index in [1.165, 1.54) is 5.56 Å². The molecule has 1 N–H and O–H groups in total. The Morgan fingerprint density at radius 1 is 1.08 bits per heavy atom. The number of aryl methyl sites for hydroxylation is 1. The molecule has 1 unspecified atom stereocenters. The lowest BCUT2D eigenvalue weighted by molar-refractivity contribution is 0.352. The van der Waals surface area contributed by atoms with Crippen molar-refractivity contribution in [1.82, 2.24) is 15.5 Å². The van der Waals surface area contributed by atoms with Crippen LogP contribution < -0.4 is 5.32 Å². The molecule has 1 atom stereocenters. The van der Waals surface area contributed by atoms with Gasteiger partial charge in [-0.3, -0.25) is 5.32 Å². The molecule has 0 aliphatic rings. The zero-order valence-electron chi connectivity index (χ0n) is 14.9. The average molecular weight is 347 g/mol. The molecule has 5 nitrogen and oxygen atoms in total. The van der Waals surface area contributed by atoms with Gasteiger partial charge in [0.05, 0.1) is 12.6 Å². The summed E-state index contributed by atoms with van der Waals surface area (Å²) in [7, 11) is 0. The summed E-state index contributed by atoms with van der Waals surface area (Å²) in [4.78, 5) is 4.47. The number of fused-ring (bicyclic) bond motifs is 1. The number of para-hydroxylation sites is 1. The van der Waals surface area contributed by atoms with Crippen LogP contribution in [0.4, 0.5) is 0 Å². The molecule has 0 spiro atoms. The van der Waals surface area contributed by atoms with Crippen LogP contribution in [0.25, 0.3) is 22.4 Å². The minimum atomic E-state index is 0.0431. The van der Waals surface area contributed by atoms with E-state index in [4.69, 9.17) is 8.94 Å². The van der Waals surface area contributed by atoms with Crippen LogP contribution in [0.1, 0.15) is 37.1 Å². The molecule has 2 heterocycles. The maximum atomic E-state index is 5.89. The fourth-order valence-corrected chi connectivity index (χ4v) is 2.89. The number of nitrogens with zero attached hydrogens (tertiary/aromatic N) is 2. The SMILES string of the molecule is CCc1ccc(-c2noc(CNC(C)c3cc4ccccc4o3)n2)cc1. The van der Waals surface area contributed by atoms with E-state index in [-0.39, 0.29) is 6.04 Å². The molecule has 2 aromatic heterocycles. The highest BCUT2D eigenvalue weighted by Gasteiger charge is 2.14. The first-order chi connectivity index (χ1) is 12.7. The van der Waals surface area contributed by atoms with Crippen LogP contribution in [0.15, 0.2) is 63.5 Å². The van der Waals surface area contributed by atoms with Crippen molar-refractivity contribution in [3.63, 3.8) is 0 Å². The molecule has 0 aliphatic heterocycles. The largest absolute Gasteiger partial charge is 0.459 e. The Labute approximate surface area is 152 Å². The van der Waals surface area contributed by atoms with E-state index in [2.05, 4.69) is 47.5 Å². The van der Waals surface area contributed by atoms with Gasteiger partial charge in [0.15, 0.2) is 0 Å². The first-order valence-corrected chi connectivity index (χ1v) is 8.86. The average Bonchev–Trinajstić information content (AvgIpc) is 3.33. The summed E-state index contributed by atoms with van der Waals surface area (Å²) in [6, 6.07) is 18.3. The predicted molar refractivity (Wildman–Crippen MR) is 101 cm³/mol. The van der Waals surface area contributed by atoms with Crippen LogP contribution in [0.2, 0.25) is 0 Å². The first kappa shape index (κ1) is 16.5. The maximum absolute atomic E-state index is 5.89. The van der Waals surface area contributed by atoms with Gasteiger partial charge >= 0.3 is 0 Å². The summed E-state index contributed by atoms with van der Waals surface area (Å²) in [5, 5.41) is 8.55. The molecule has 0 saturated carbocycles. The number of rotatable bonds is 6. The Kier molecular flexibility index (Phi) is 4.54. The second-order valence-corrected chi connectivity index (χ2v) is 6.35. The highest BCUT2D eigenvalue weighted by Crippen LogP contribution is 2.24. The van der Waals surface area contributed by atoms with Crippen LogP contribution in [0.3, 0.4) is 0 Å². The molecular weight excluding hydrogens is 326 g/mol. The van der Waals surface area contributed by atoms with E-state index in [1.807, 2.05) is 36.4 Å². The van der Waals surface area contributed by atoms with Crippen molar-refractivity contribution in [3.8, 4) is 11.4 Å². The molecule has 2 aromatic carbocycles. The van der Waals surface area contributed by atoms with Crippen molar-refractivity contribution >= 4 is 11.0 Å². The molecule has 0 amide bonds. The Balaban J connectivity index is 1.42. The van der Waals surface area contributed by atoms with Crippen LogP contribution in [0, 0.1) is 0 Å². The van der Waals surface area contributed by atoms with Gasteiger partial charge in [0.25, 0.3) is 0 Å². The Morgan fingerprint density at radius 3 is 2.65 bits per heavy atom.